The molecular formula is C14H22F9NO6Si. The average Bonchev–Trinajstić information content (AvgIpc) is 2.56. The van der Waals surface area contributed by atoms with Gasteiger partial charge in [-0.3, -0.25) is 4.79 Å². The number of hydrogen-bond donors (Lipinski definition) is 1. The van der Waals surface area contributed by atoms with Gasteiger partial charge in [-0.15, -0.1) is 13.2 Å². The fourth-order valence-corrected chi connectivity index (χ4v) is 4.69. The molecule has 0 aliphatic carbocycles. The van der Waals surface area contributed by atoms with Crippen molar-refractivity contribution in [2.24, 2.45) is 0 Å². The molecule has 0 unspecified atom stereocenters. The first kappa shape index (κ1) is 29.9. The summed E-state index contributed by atoms with van der Waals surface area (Å²) in [4.78, 5) is 11.3. The zero-order valence-corrected chi connectivity index (χ0v) is 17.6. The summed E-state index contributed by atoms with van der Waals surface area (Å²) in [5, 5.41) is 1.44. The molecule has 0 heterocycles. The number of rotatable bonds is 15. The van der Waals surface area contributed by atoms with E-state index in [1.165, 1.54) is 5.32 Å². The van der Waals surface area contributed by atoms with Gasteiger partial charge in [0.05, 0.1) is 0 Å². The molecule has 186 valence electrons. The van der Waals surface area contributed by atoms with Gasteiger partial charge < -0.3 is 18.6 Å². The molecule has 0 aliphatic rings. The third-order valence-corrected chi connectivity index (χ3v) is 6.29. The fraction of sp³-hybridized carbons (Fsp3) is 0.929. The molecule has 0 aromatic carbocycles. The number of amides is 1. The molecule has 7 nitrogen and oxygen atoms in total. The van der Waals surface area contributed by atoms with Gasteiger partial charge in [0.2, 0.25) is 0 Å². The number of carbonyl (C=O) groups is 1. The lowest BCUT2D eigenvalue weighted by Gasteiger charge is -2.29. The maximum atomic E-state index is 13.4. The van der Waals surface area contributed by atoms with Crippen LogP contribution in [0.25, 0.3) is 0 Å². The number of hydrogen-bond acceptors (Lipinski definition) is 6. The van der Waals surface area contributed by atoms with E-state index in [0.717, 1.165) is 0 Å². The summed E-state index contributed by atoms with van der Waals surface area (Å²) in [5.41, 5.74) is 0. The van der Waals surface area contributed by atoms with E-state index < -0.39 is 45.9 Å². The monoisotopic (exact) mass is 499 g/mol. The average molecular weight is 499 g/mol. The van der Waals surface area contributed by atoms with Crippen LogP contribution in [-0.4, -0.2) is 65.8 Å². The molecule has 0 radical (unpaired) electrons. The highest BCUT2D eigenvalue weighted by atomic mass is 28.4. The summed E-state index contributed by atoms with van der Waals surface area (Å²) in [6, 6.07) is 0.0167. The number of nitrogens with one attached hydrogen (secondary N) is 1. The summed E-state index contributed by atoms with van der Waals surface area (Å²) in [6.45, 7) is 4.88. The predicted molar refractivity (Wildman–Crippen MR) is 86.1 cm³/mol. The second-order valence-corrected chi connectivity index (χ2v) is 8.27. The minimum absolute atomic E-state index is 0.0167. The topological polar surface area (TPSA) is 75.3 Å². The molecule has 1 N–H and O–H groups in total. The van der Waals surface area contributed by atoms with Crippen LogP contribution in [0, 0.1) is 0 Å². The van der Waals surface area contributed by atoms with Crippen LogP contribution in [0.5, 0.6) is 0 Å². The Hall–Kier alpha value is -1.14. The third kappa shape index (κ3) is 9.90. The number of alkyl halides is 9. The molecule has 0 aromatic rings. The second kappa shape index (κ2) is 11.6. The van der Waals surface area contributed by atoms with Gasteiger partial charge >= 0.3 is 39.4 Å². The third-order valence-electron chi connectivity index (χ3n) is 3.14. The normalized spacial score (nSPS) is 14.1. The zero-order valence-electron chi connectivity index (χ0n) is 16.6. The van der Waals surface area contributed by atoms with Crippen molar-refractivity contribution in [3.05, 3.63) is 0 Å². The van der Waals surface area contributed by atoms with Gasteiger partial charge in [-0.2, -0.15) is 26.3 Å². The Balaban J connectivity index is 4.96. The number of ether oxygens (including phenoxy) is 2. The van der Waals surface area contributed by atoms with E-state index in [2.05, 4.69) is 4.74 Å². The molecule has 17 heteroatoms. The van der Waals surface area contributed by atoms with Crippen molar-refractivity contribution >= 4 is 14.7 Å². The molecule has 0 atom stereocenters. The second-order valence-electron chi connectivity index (χ2n) is 5.54. The van der Waals surface area contributed by atoms with Crippen LogP contribution < -0.4 is 5.32 Å². The molecule has 0 aliphatic heterocycles. The molecule has 0 bridgehead atoms. The lowest BCUT2D eigenvalue weighted by Crippen LogP contribution is -2.54. The van der Waals surface area contributed by atoms with Crippen molar-refractivity contribution < 1.29 is 67.1 Å². The van der Waals surface area contributed by atoms with Gasteiger partial charge in [0.25, 0.3) is 0 Å². The molecule has 0 fully saturated rings. The highest BCUT2D eigenvalue weighted by Crippen LogP contribution is 2.43. The SMILES string of the molecule is CCO[Si](CCCNC(=O)C(F)(F)OC(F)(F)C(F)(F)OC(F)(F)F)(OCC)OCC. The minimum atomic E-state index is -6.54. The van der Waals surface area contributed by atoms with Crippen LogP contribution in [0.2, 0.25) is 6.04 Å². The maximum absolute atomic E-state index is 13.4. The van der Waals surface area contributed by atoms with Crippen molar-refractivity contribution in [2.75, 3.05) is 26.4 Å². The first-order chi connectivity index (χ1) is 14.0. The lowest BCUT2D eigenvalue weighted by molar-refractivity contribution is -0.524. The van der Waals surface area contributed by atoms with E-state index in [9.17, 15) is 44.3 Å². The molecule has 0 spiro atoms. The zero-order chi connectivity index (χ0) is 24.6. The highest BCUT2D eigenvalue weighted by Gasteiger charge is 2.69. The molecule has 0 saturated carbocycles. The first-order valence-corrected chi connectivity index (χ1v) is 10.7. The van der Waals surface area contributed by atoms with Gasteiger partial charge in [-0.1, -0.05) is 0 Å². The maximum Gasteiger partial charge on any atom is 0.527 e. The molecule has 31 heavy (non-hydrogen) atoms. The Morgan fingerprint density at radius 3 is 1.58 bits per heavy atom. The van der Waals surface area contributed by atoms with Crippen LogP contribution in [0.15, 0.2) is 0 Å². The van der Waals surface area contributed by atoms with Crippen LogP contribution in [0.1, 0.15) is 27.2 Å². The molecule has 0 rings (SSSR count). The van der Waals surface area contributed by atoms with Crippen molar-refractivity contribution in [2.45, 2.75) is 57.9 Å². The molecule has 0 saturated heterocycles. The summed E-state index contributed by atoms with van der Waals surface area (Å²) >= 11 is 0. The summed E-state index contributed by atoms with van der Waals surface area (Å²) < 4.78 is 135. The number of halogens is 9. The predicted octanol–water partition coefficient (Wildman–Crippen LogP) is 3.87. The van der Waals surface area contributed by atoms with Crippen LogP contribution in [0.4, 0.5) is 39.5 Å². The quantitative estimate of drug-likeness (QED) is 0.210. The van der Waals surface area contributed by atoms with Gasteiger partial charge in [-0.25, -0.2) is 9.47 Å². The Morgan fingerprint density at radius 2 is 1.19 bits per heavy atom. The summed E-state index contributed by atoms with van der Waals surface area (Å²) in [6.07, 6.45) is -25.1. The van der Waals surface area contributed by atoms with Crippen LogP contribution in [0.3, 0.4) is 0 Å². The van der Waals surface area contributed by atoms with Crippen molar-refractivity contribution in [1.29, 1.82) is 0 Å². The largest absolute Gasteiger partial charge is 0.527 e. The Labute approximate surface area is 172 Å². The summed E-state index contributed by atoms with van der Waals surface area (Å²) in [7, 11) is -3.21. The summed E-state index contributed by atoms with van der Waals surface area (Å²) in [5.74, 6) is -2.59. The molecular weight excluding hydrogens is 477 g/mol. The van der Waals surface area contributed by atoms with Crippen molar-refractivity contribution in [1.82, 2.24) is 5.32 Å². The van der Waals surface area contributed by atoms with Crippen molar-refractivity contribution in [3.8, 4) is 0 Å². The lowest BCUT2D eigenvalue weighted by atomic mass is 10.4. The van der Waals surface area contributed by atoms with Gasteiger partial charge in [0, 0.05) is 32.4 Å². The van der Waals surface area contributed by atoms with E-state index in [-0.39, 0.29) is 32.3 Å². The van der Waals surface area contributed by atoms with E-state index in [1.807, 2.05) is 4.74 Å². The van der Waals surface area contributed by atoms with E-state index in [4.69, 9.17) is 13.3 Å². The number of carbonyl (C=O) groups excluding carboxylic acids is 1. The standard InChI is InChI=1S/C14H22F9NO6Si/c1-4-26-31(27-5-2,28-6-3)9-7-8-24-10(25)11(15,16)29-12(17,18)13(19,20)30-14(21,22)23/h4-9H2,1-3H3,(H,24,25). The smallest absolute Gasteiger partial charge is 0.374 e. The van der Waals surface area contributed by atoms with Crippen LogP contribution >= 0.6 is 0 Å². The Bertz CT molecular complexity index is 548. The molecule has 0 aromatic heterocycles. The Kier molecular flexibility index (Phi) is 11.2. The van der Waals surface area contributed by atoms with E-state index in [0.29, 0.717) is 0 Å². The van der Waals surface area contributed by atoms with Crippen molar-refractivity contribution in [3.63, 3.8) is 0 Å². The minimum Gasteiger partial charge on any atom is -0.374 e. The van der Waals surface area contributed by atoms with Gasteiger partial charge in [0.1, 0.15) is 0 Å². The fourth-order valence-electron chi connectivity index (χ4n) is 2.08. The van der Waals surface area contributed by atoms with E-state index in [1.54, 1.807) is 20.8 Å². The highest BCUT2D eigenvalue weighted by molar-refractivity contribution is 6.60. The molecule has 1 amide bonds. The van der Waals surface area contributed by atoms with E-state index >= 15 is 0 Å². The first-order valence-electron chi connectivity index (χ1n) is 8.78. The van der Waals surface area contributed by atoms with Gasteiger partial charge in [0.15, 0.2) is 0 Å². The van der Waals surface area contributed by atoms with Crippen LogP contribution in [-0.2, 0) is 27.5 Å². The van der Waals surface area contributed by atoms with Gasteiger partial charge in [-0.05, 0) is 27.2 Å². The Morgan fingerprint density at radius 1 is 0.774 bits per heavy atom.